The summed E-state index contributed by atoms with van der Waals surface area (Å²) < 4.78 is 5.62. The van der Waals surface area contributed by atoms with Gasteiger partial charge in [-0.15, -0.1) is 35.3 Å². The average Bonchev–Trinajstić information content (AvgIpc) is 3.40. The van der Waals surface area contributed by atoms with Crippen LogP contribution >= 0.6 is 35.3 Å². The van der Waals surface area contributed by atoms with Crippen molar-refractivity contribution < 1.29 is 9.53 Å². The fourth-order valence-corrected chi connectivity index (χ4v) is 5.11. The van der Waals surface area contributed by atoms with Crippen molar-refractivity contribution in [1.82, 2.24) is 15.1 Å². The van der Waals surface area contributed by atoms with E-state index in [4.69, 9.17) is 4.74 Å². The van der Waals surface area contributed by atoms with E-state index < -0.39 is 0 Å². The topological polar surface area (TPSA) is 57.2 Å². The molecule has 6 nitrogen and oxygen atoms in total. The molecular weight excluding hydrogens is 475 g/mol. The molecule has 27 heavy (non-hydrogen) atoms. The minimum atomic E-state index is 0. The molecule has 3 aliphatic heterocycles. The summed E-state index contributed by atoms with van der Waals surface area (Å²) in [7, 11) is 0. The van der Waals surface area contributed by atoms with E-state index in [1.54, 1.807) is 11.3 Å². The van der Waals surface area contributed by atoms with Gasteiger partial charge in [-0.05, 0) is 43.2 Å². The number of carbonyl (C=O) groups is 1. The third-order valence-corrected chi connectivity index (χ3v) is 6.81. The number of ether oxygens (including phenoxy) is 1. The van der Waals surface area contributed by atoms with Gasteiger partial charge in [0.05, 0.1) is 6.61 Å². The molecule has 0 aromatic carbocycles. The van der Waals surface area contributed by atoms with Crippen molar-refractivity contribution in [2.24, 2.45) is 10.4 Å². The van der Waals surface area contributed by atoms with Gasteiger partial charge in [-0.2, -0.15) is 0 Å². The zero-order chi connectivity index (χ0) is 18.0. The van der Waals surface area contributed by atoms with E-state index >= 15 is 0 Å². The number of hydrogen-bond acceptors (Lipinski definition) is 4. The number of carbonyl (C=O) groups excluding carboxylic acids is 1. The number of thiophene rings is 1. The number of amides is 1. The standard InChI is InChI=1S/C19H28N4O2S.HI/c1-2-20-18(23-8-5-19(13-23)6-9-25-14-19)21-11-17(24)22-7-3-16-15(12-22)4-10-26-16;/h4,10H,2-3,5-9,11-14H2,1H3,(H,20,21);1H. The Morgan fingerprint density at radius 1 is 1.37 bits per heavy atom. The number of aliphatic imine (C=N–C) groups is 1. The molecule has 0 radical (unpaired) electrons. The molecule has 8 heteroatoms. The summed E-state index contributed by atoms with van der Waals surface area (Å²) in [6.07, 6.45) is 3.26. The van der Waals surface area contributed by atoms with Crippen LogP contribution in [0.2, 0.25) is 0 Å². The highest BCUT2D eigenvalue weighted by Gasteiger charge is 2.42. The fraction of sp³-hybridized carbons (Fsp3) is 0.684. The SMILES string of the molecule is CCNC(=NCC(=O)N1CCc2sccc2C1)N1CCC2(CCOC2)C1.I. The van der Waals surface area contributed by atoms with Crippen molar-refractivity contribution in [1.29, 1.82) is 0 Å². The van der Waals surface area contributed by atoms with Crippen LogP contribution in [0.25, 0.3) is 0 Å². The molecule has 150 valence electrons. The Balaban J connectivity index is 0.00000210. The van der Waals surface area contributed by atoms with Gasteiger partial charge in [-0.3, -0.25) is 4.79 Å². The van der Waals surface area contributed by atoms with Crippen LogP contribution < -0.4 is 5.32 Å². The number of guanidine groups is 1. The normalized spacial score (nSPS) is 24.9. The van der Waals surface area contributed by atoms with Crippen LogP contribution in [0, 0.1) is 5.41 Å². The molecule has 1 aromatic heterocycles. The van der Waals surface area contributed by atoms with E-state index in [2.05, 4.69) is 33.6 Å². The summed E-state index contributed by atoms with van der Waals surface area (Å²) in [5.41, 5.74) is 1.59. The van der Waals surface area contributed by atoms with Gasteiger partial charge < -0.3 is 19.9 Å². The van der Waals surface area contributed by atoms with Crippen LogP contribution in [0.1, 0.15) is 30.2 Å². The largest absolute Gasteiger partial charge is 0.381 e. The number of hydrogen-bond donors (Lipinski definition) is 1. The molecule has 2 saturated heterocycles. The molecule has 1 atom stereocenters. The molecule has 1 unspecified atom stereocenters. The lowest BCUT2D eigenvalue weighted by molar-refractivity contribution is -0.130. The molecule has 0 bridgehead atoms. The van der Waals surface area contributed by atoms with Crippen molar-refractivity contribution in [2.45, 2.75) is 32.7 Å². The Morgan fingerprint density at radius 2 is 2.26 bits per heavy atom. The Hall–Kier alpha value is -0.870. The zero-order valence-corrected chi connectivity index (χ0v) is 19.1. The number of nitrogens with zero attached hydrogens (tertiary/aromatic N) is 3. The highest BCUT2D eigenvalue weighted by Crippen LogP contribution is 2.38. The molecule has 0 saturated carbocycles. The lowest BCUT2D eigenvalue weighted by Crippen LogP contribution is -2.43. The van der Waals surface area contributed by atoms with Gasteiger partial charge in [-0.25, -0.2) is 4.99 Å². The molecule has 2 fully saturated rings. The second-order valence-corrected chi connectivity index (χ2v) is 8.58. The maximum atomic E-state index is 12.7. The van der Waals surface area contributed by atoms with Gasteiger partial charge in [0.15, 0.2) is 5.96 Å². The minimum Gasteiger partial charge on any atom is -0.381 e. The first-order chi connectivity index (χ1) is 12.7. The molecule has 3 aliphatic rings. The van der Waals surface area contributed by atoms with Crippen molar-refractivity contribution in [3.8, 4) is 0 Å². The van der Waals surface area contributed by atoms with Gasteiger partial charge in [0.1, 0.15) is 6.54 Å². The zero-order valence-electron chi connectivity index (χ0n) is 15.9. The number of halogens is 1. The molecule has 0 aliphatic carbocycles. The van der Waals surface area contributed by atoms with E-state index in [1.807, 2.05) is 4.90 Å². The Labute approximate surface area is 182 Å². The summed E-state index contributed by atoms with van der Waals surface area (Å²) >= 11 is 1.80. The predicted molar refractivity (Wildman–Crippen MR) is 119 cm³/mol. The maximum absolute atomic E-state index is 12.7. The molecule has 4 rings (SSSR count). The fourth-order valence-electron chi connectivity index (χ4n) is 4.22. The average molecular weight is 504 g/mol. The van der Waals surface area contributed by atoms with Gasteiger partial charge in [0.25, 0.3) is 0 Å². The van der Waals surface area contributed by atoms with Crippen molar-refractivity contribution >= 4 is 47.2 Å². The quantitative estimate of drug-likeness (QED) is 0.390. The second-order valence-electron chi connectivity index (χ2n) is 7.58. The number of likely N-dealkylation sites (tertiary alicyclic amines) is 1. The molecule has 1 N–H and O–H groups in total. The highest BCUT2D eigenvalue weighted by molar-refractivity contribution is 14.0. The number of rotatable bonds is 3. The molecular formula is C19H29IN4O2S. The van der Waals surface area contributed by atoms with Crippen molar-refractivity contribution in [3.05, 3.63) is 21.9 Å². The first kappa shape index (κ1) is 20.9. The van der Waals surface area contributed by atoms with Crippen LogP contribution in [0.4, 0.5) is 0 Å². The monoisotopic (exact) mass is 504 g/mol. The predicted octanol–water partition coefficient (Wildman–Crippen LogP) is 2.33. The molecule has 1 amide bonds. The van der Waals surface area contributed by atoms with E-state index in [9.17, 15) is 4.79 Å². The molecule has 4 heterocycles. The maximum Gasteiger partial charge on any atom is 0.244 e. The number of nitrogens with one attached hydrogen (secondary N) is 1. The summed E-state index contributed by atoms with van der Waals surface area (Å²) in [6.45, 7) is 8.36. The van der Waals surface area contributed by atoms with E-state index in [1.165, 1.54) is 10.4 Å². The van der Waals surface area contributed by atoms with Crippen LogP contribution in [0.5, 0.6) is 0 Å². The summed E-state index contributed by atoms with van der Waals surface area (Å²) in [5, 5.41) is 5.49. The Bertz CT molecular complexity index is 687. The van der Waals surface area contributed by atoms with E-state index in [0.29, 0.717) is 5.41 Å². The highest BCUT2D eigenvalue weighted by atomic mass is 127. The van der Waals surface area contributed by atoms with Gasteiger partial charge in [-0.1, -0.05) is 0 Å². The summed E-state index contributed by atoms with van der Waals surface area (Å²) in [5.74, 6) is 0.994. The van der Waals surface area contributed by atoms with Crippen molar-refractivity contribution in [3.63, 3.8) is 0 Å². The van der Waals surface area contributed by atoms with Crippen LogP contribution in [0.3, 0.4) is 0 Å². The van der Waals surface area contributed by atoms with E-state index in [-0.39, 0.29) is 36.4 Å². The van der Waals surface area contributed by atoms with Gasteiger partial charge in [0.2, 0.25) is 5.91 Å². The number of fused-ring (bicyclic) bond motifs is 1. The lowest BCUT2D eigenvalue weighted by Gasteiger charge is -2.27. The first-order valence-corrected chi connectivity index (χ1v) is 10.5. The van der Waals surface area contributed by atoms with Crippen LogP contribution in [-0.4, -0.2) is 67.6 Å². The summed E-state index contributed by atoms with van der Waals surface area (Å²) in [6, 6.07) is 2.14. The lowest BCUT2D eigenvalue weighted by atomic mass is 9.87. The van der Waals surface area contributed by atoms with Gasteiger partial charge in [0, 0.05) is 49.6 Å². The second kappa shape index (κ2) is 9.09. The first-order valence-electron chi connectivity index (χ1n) is 9.63. The van der Waals surface area contributed by atoms with Gasteiger partial charge >= 0.3 is 0 Å². The molecule has 1 aromatic rings. The third kappa shape index (κ3) is 4.59. The smallest absolute Gasteiger partial charge is 0.244 e. The van der Waals surface area contributed by atoms with Crippen LogP contribution in [0.15, 0.2) is 16.4 Å². The van der Waals surface area contributed by atoms with E-state index in [0.717, 1.165) is 71.2 Å². The van der Waals surface area contributed by atoms with Crippen molar-refractivity contribution in [2.75, 3.05) is 45.9 Å². The molecule has 1 spiro atoms. The van der Waals surface area contributed by atoms with Crippen LogP contribution in [-0.2, 0) is 22.5 Å². The Kier molecular flexibility index (Phi) is 7.02. The Morgan fingerprint density at radius 3 is 3.04 bits per heavy atom. The minimum absolute atomic E-state index is 0. The third-order valence-electron chi connectivity index (χ3n) is 5.78. The summed E-state index contributed by atoms with van der Waals surface area (Å²) in [4.78, 5) is 23.0.